The molecule has 0 N–H and O–H groups in total. The molecule has 31 valence electrons. The smallest absolute Gasteiger partial charge is 0 e. The molecule has 0 heterocycles. The van der Waals surface area contributed by atoms with Crippen LogP contribution in [0.2, 0.25) is 0 Å². The van der Waals surface area contributed by atoms with Crippen LogP contribution in [0.15, 0.2) is 0 Å². The third-order valence-electron chi connectivity index (χ3n) is 0. The van der Waals surface area contributed by atoms with E-state index < -0.39 is 23.3 Å². The summed E-state index contributed by atoms with van der Waals surface area (Å²) >= 11 is -2.22. The van der Waals surface area contributed by atoms with E-state index in [1.807, 2.05) is 0 Å². The molecule has 0 unspecified atom stereocenters. The standard InChI is InChI=1S/3ClH.Eu.Y/h3*1H;;/q;;;;+3/p-3. The van der Waals surface area contributed by atoms with Gasteiger partial charge in [0.25, 0.3) is 0 Å². The Morgan fingerprint density at radius 3 is 1.00 bits per heavy atom. The van der Waals surface area contributed by atoms with E-state index in [1.54, 1.807) is 0 Å². The van der Waals surface area contributed by atoms with Gasteiger partial charge < -0.3 is 0 Å². The van der Waals surface area contributed by atoms with Crippen LogP contribution >= 0.6 is 22.0 Å². The molecule has 0 aliphatic rings. The number of hydrogen-bond acceptors (Lipinski definition) is 0. The van der Waals surface area contributed by atoms with Gasteiger partial charge in [-0.15, -0.1) is 0 Å². The van der Waals surface area contributed by atoms with Crippen molar-refractivity contribution in [2.75, 3.05) is 0 Å². The molecule has 0 aromatic heterocycles. The van der Waals surface area contributed by atoms with E-state index in [2.05, 4.69) is 0 Å². The van der Waals surface area contributed by atoms with Gasteiger partial charge in [-0.25, -0.2) is 0 Å². The minimum absolute atomic E-state index is 0. The van der Waals surface area contributed by atoms with Crippen LogP contribution < -0.4 is 0 Å². The van der Waals surface area contributed by atoms with Crippen molar-refractivity contribution in [3.05, 3.63) is 0 Å². The average molecular weight is 347 g/mol. The van der Waals surface area contributed by atoms with Gasteiger partial charge in [0, 0.05) is 49.4 Å². The van der Waals surface area contributed by atoms with Crippen LogP contribution in [0.4, 0.5) is 0 Å². The molecular weight excluding hydrogens is 347 g/mol. The van der Waals surface area contributed by atoms with E-state index >= 15 is 0 Å². The third kappa shape index (κ3) is 18.4. The zero-order valence-electron chi connectivity index (χ0n) is 2.09. The monoisotopic (exact) mass is 347 g/mol. The number of hydrogen-bond donors (Lipinski definition) is 0. The topological polar surface area (TPSA) is 0 Å². The van der Waals surface area contributed by atoms with Gasteiger partial charge in [0.05, 0.1) is 0 Å². The molecule has 0 aromatic carbocycles. The molecule has 5 heteroatoms. The second kappa shape index (κ2) is 7.56. The SMILES string of the molecule is [Cl][Y]([Cl])[Cl].[Eu]. The summed E-state index contributed by atoms with van der Waals surface area (Å²) in [5, 5.41) is 0. The Hall–Kier alpha value is 3.56. The molecule has 0 bridgehead atoms. The number of rotatable bonds is 0. The van der Waals surface area contributed by atoms with Gasteiger partial charge in [-0.2, -0.15) is 0 Å². The minimum atomic E-state index is -2.22. The first-order chi connectivity index (χ1) is 1.73. The molecule has 0 amide bonds. The van der Waals surface area contributed by atoms with Gasteiger partial charge >= 0.3 is 45.3 Å². The molecule has 0 nitrogen and oxygen atoms in total. The Bertz CT molecular complexity index is 11.6. The van der Waals surface area contributed by atoms with Crippen molar-refractivity contribution in [2.45, 2.75) is 0 Å². The molecule has 0 saturated heterocycles. The van der Waals surface area contributed by atoms with Crippen molar-refractivity contribution in [1.82, 2.24) is 0 Å². The van der Waals surface area contributed by atoms with Crippen LogP contribution in [-0.2, 0) is 23.3 Å². The maximum atomic E-state index is 5.02. The van der Waals surface area contributed by atoms with Crippen molar-refractivity contribution in [3.63, 3.8) is 0 Å². The number of halogens is 3. The van der Waals surface area contributed by atoms with Crippen LogP contribution in [0.1, 0.15) is 0 Å². The Labute approximate surface area is 91.6 Å². The molecule has 0 aliphatic heterocycles. The summed E-state index contributed by atoms with van der Waals surface area (Å²) < 4.78 is 0. The summed E-state index contributed by atoms with van der Waals surface area (Å²) in [5.41, 5.74) is 0. The van der Waals surface area contributed by atoms with Crippen molar-refractivity contribution in [1.29, 1.82) is 0 Å². The first kappa shape index (κ1) is 11.4. The molecule has 0 atom stereocenters. The van der Waals surface area contributed by atoms with E-state index in [4.69, 9.17) is 22.0 Å². The summed E-state index contributed by atoms with van der Waals surface area (Å²) in [5.74, 6) is 0. The molecule has 1 radical (unpaired) electrons. The maximum absolute atomic E-state index is 5.02. The Kier molecular flexibility index (Phi) is 17.2. The first-order valence-electron chi connectivity index (χ1n) is 0.655. The molecule has 0 saturated carbocycles. The average Bonchev–Trinajstić information content (AvgIpc) is 0.811. The summed E-state index contributed by atoms with van der Waals surface area (Å²) in [6.07, 6.45) is 0. The van der Waals surface area contributed by atoms with Gasteiger partial charge in [-0.1, -0.05) is 0 Å². The molecule has 5 heavy (non-hydrogen) atoms. The molecule has 0 fully saturated rings. The van der Waals surface area contributed by atoms with Crippen LogP contribution in [0.25, 0.3) is 0 Å². The maximum Gasteiger partial charge on any atom is 0 e. The molecule has 0 spiro atoms. The van der Waals surface area contributed by atoms with Crippen molar-refractivity contribution in [3.8, 4) is 0 Å². The van der Waals surface area contributed by atoms with E-state index in [0.717, 1.165) is 0 Å². The van der Waals surface area contributed by atoms with Crippen LogP contribution in [0.5, 0.6) is 0 Å². The van der Waals surface area contributed by atoms with Crippen molar-refractivity contribution in [2.24, 2.45) is 0 Å². The van der Waals surface area contributed by atoms with Crippen molar-refractivity contribution < 1.29 is 72.7 Å². The summed E-state index contributed by atoms with van der Waals surface area (Å²) in [6.45, 7) is 0. The van der Waals surface area contributed by atoms with Gasteiger partial charge in [0.1, 0.15) is 0 Å². The second-order valence-corrected chi connectivity index (χ2v) is 13.2. The van der Waals surface area contributed by atoms with E-state index in [9.17, 15) is 0 Å². The van der Waals surface area contributed by atoms with Crippen LogP contribution in [-0.4, -0.2) is 0 Å². The van der Waals surface area contributed by atoms with Crippen LogP contribution in [0, 0.1) is 49.4 Å². The Morgan fingerprint density at radius 2 is 1.00 bits per heavy atom. The normalized spacial score (nSPS) is 5.40. The first-order valence-corrected chi connectivity index (χ1v) is 11.6. The van der Waals surface area contributed by atoms with Crippen molar-refractivity contribution >= 4 is 22.0 Å². The van der Waals surface area contributed by atoms with E-state index in [1.165, 1.54) is 0 Å². The second-order valence-electron chi connectivity index (χ2n) is 0.247. The van der Waals surface area contributed by atoms with Gasteiger partial charge in [-0.3, -0.25) is 0 Å². The van der Waals surface area contributed by atoms with E-state index in [-0.39, 0.29) is 49.4 Å². The van der Waals surface area contributed by atoms with Gasteiger partial charge in [0.15, 0.2) is 0 Å². The fraction of sp³-hybridized carbons (Fsp3) is 0. The molecule has 0 aliphatic carbocycles. The quantitative estimate of drug-likeness (QED) is 0.629. The predicted octanol–water partition coefficient (Wildman–Crippen LogP) is 2.07. The fourth-order valence-electron chi connectivity index (χ4n) is 0. The van der Waals surface area contributed by atoms with Gasteiger partial charge in [0.2, 0.25) is 0 Å². The minimum Gasteiger partial charge on any atom is 0 e. The van der Waals surface area contributed by atoms with E-state index in [0.29, 0.717) is 0 Å². The zero-order valence-corrected chi connectivity index (χ0v) is 9.62. The fourth-order valence-corrected chi connectivity index (χ4v) is 0. The molecule has 0 rings (SSSR count). The largest absolute Gasteiger partial charge is 0 e. The zero-order chi connectivity index (χ0) is 3.58. The summed E-state index contributed by atoms with van der Waals surface area (Å²) in [7, 11) is 15.0. The van der Waals surface area contributed by atoms with Crippen LogP contribution in [0.3, 0.4) is 0 Å². The van der Waals surface area contributed by atoms with Gasteiger partial charge in [-0.05, 0) is 0 Å². The molecule has 0 aromatic rings. The molecular formula is Cl3EuY. The Morgan fingerprint density at radius 1 is 1.00 bits per heavy atom. The predicted molar refractivity (Wildman–Crippen MR) is 17.6 cm³/mol. The summed E-state index contributed by atoms with van der Waals surface area (Å²) in [4.78, 5) is 0. The Balaban J connectivity index is 0. The third-order valence-corrected chi connectivity index (χ3v) is 0. The summed E-state index contributed by atoms with van der Waals surface area (Å²) in [6, 6.07) is 0.